The zero-order valence-electron chi connectivity index (χ0n) is 17.6. The maximum absolute atomic E-state index is 12.6. The molecule has 1 aliphatic carbocycles. The molecule has 0 bridgehead atoms. The molecule has 4 rings (SSSR count). The number of carbonyl (C=O) groups excluding carboxylic acids is 3. The fraction of sp³-hybridized carbons (Fsp3) is 0.714. The average molecular weight is 434 g/mol. The molecule has 2 aliphatic heterocycles. The standard InChI is InChI=1S/C21H31N5O3S/c1-15-6-4-10-25(12-15)13-16-14-30-19(22-16)23-17(27)7-5-11-26-18(28)21(24-20(26)29)8-2-3-9-21/h14-15H,2-13H2,1H3,(H,24,29)(H,22,23,27). The van der Waals surface area contributed by atoms with Crippen LogP contribution in [0.15, 0.2) is 5.38 Å². The van der Waals surface area contributed by atoms with E-state index < -0.39 is 5.54 Å². The van der Waals surface area contributed by atoms with Crippen LogP contribution in [0.5, 0.6) is 0 Å². The van der Waals surface area contributed by atoms with Crippen molar-refractivity contribution in [3.63, 3.8) is 0 Å². The summed E-state index contributed by atoms with van der Waals surface area (Å²) in [4.78, 5) is 45.3. The van der Waals surface area contributed by atoms with Crippen molar-refractivity contribution < 1.29 is 14.4 Å². The number of carbonyl (C=O) groups is 3. The number of aromatic nitrogens is 1. The van der Waals surface area contributed by atoms with Crippen molar-refractivity contribution in [2.24, 2.45) is 5.92 Å². The van der Waals surface area contributed by atoms with Crippen LogP contribution in [0.1, 0.15) is 64.0 Å². The predicted molar refractivity (Wildman–Crippen MR) is 115 cm³/mol. The highest BCUT2D eigenvalue weighted by atomic mass is 32.1. The number of hydrogen-bond donors (Lipinski definition) is 2. The fourth-order valence-corrected chi connectivity index (χ4v) is 5.59. The number of anilines is 1. The van der Waals surface area contributed by atoms with Crippen LogP contribution < -0.4 is 10.6 Å². The normalized spacial score (nSPS) is 23.9. The SMILES string of the molecule is CC1CCCN(Cc2csc(NC(=O)CCCN3C(=O)NC4(CCCC4)C3=O)n2)C1. The molecular weight excluding hydrogens is 402 g/mol. The summed E-state index contributed by atoms with van der Waals surface area (Å²) in [7, 11) is 0. The Kier molecular flexibility index (Phi) is 6.38. The second kappa shape index (κ2) is 9.01. The van der Waals surface area contributed by atoms with E-state index in [0.29, 0.717) is 11.6 Å². The minimum atomic E-state index is -0.678. The molecule has 30 heavy (non-hydrogen) atoms. The highest BCUT2D eigenvalue weighted by Gasteiger charge is 2.52. The molecule has 3 aliphatic rings. The summed E-state index contributed by atoms with van der Waals surface area (Å²) in [5.74, 6) is 0.469. The van der Waals surface area contributed by atoms with Crippen LogP contribution >= 0.6 is 11.3 Å². The molecule has 3 fully saturated rings. The maximum Gasteiger partial charge on any atom is 0.325 e. The molecular formula is C21H31N5O3S. The topological polar surface area (TPSA) is 94.6 Å². The Labute approximate surface area is 181 Å². The summed E-state index contributed by atoms with van der Waals surface area (Å²) in [6, 6.07) is -0.320. The smallest absolute Gasteiger partial charge is 0.323 e. The molecule has 164 valence electrons. The van der Waals surface area contributed by atoms with Crippen molar-refractivity contribution >= 4 is 34.3 Å². The summed E-state index contributed by atoms with van der Waals surface area (Å²) >= 11 is 1.44. The molecule has 1 unspecified atom stereocenters. The van der Waals surface area contributed by atoms with Crippen LogP contribution in [-0.4, -0.2) is 57.8 Å². The molecule has 2 N–H and O–H groups in total. The van der Waals surface area contributed by atoms with Gasteiger partial charge in [-0.25, -0.2) is 9.78 Å². The van der Waals surface area contributed by atoms with Crippen molar-refractivity contribution in [2.45, 2.75) is 70.4 Å². The Morgan fingerprint density at radius 2 is 2.13 bits per heavy atom. The summed E-state index contributed by atoms with van der Waals surface area (Å²) in [5, 5.41) is 8.34. The Hall–Kier alpha value is -2.00. The van der Waals surface area contributed by atoms with Gasteiger partial charge >= 0.3 is 6.03 Å². The number of imide groups is 1. The van der Waals surface area contributed by atoms with Gasteiger partial charge in [0.15, 0.2) is 5.13 Å². The Morgan fingerprint density at radius 1 is 1.33 bits per heavy atom. The molecule has 1 aromatic rings. The number of piperidine rings is 1. The number of nitrogens with one attached hydrogen (secondary N) is 2. The summed E-state index contributed by atoms with van der Waals surface area (Å²) in [6.07, 6.45) is 6.60. The lowest BCUT2D eigenvalue weighted by Crippen LogP contribution is -2.44. The Morgan fingerprint density at radius 3 is 2.90 bits per heavy atom. The third-order valence-corrected chi connectivity index (χ3v) is 7.22. The summed E-state index contributed by atoms with van der Waals surface area (Å²) < 4.78 is 0. The number of likely N-dealkylation sites (tertiary alicyclic amines) is 1. The van der Waals surface area contributed by atoms with Gasteiger partial charge < -0.3 is 10.6 Å². The summed E-state index contributed by atoms with van der Waals surface area (Å²) in [6.45, 7) is 5.59. The van der Waals surface area contributed by atoms with Gasteiger partial charge in [0.1, 0.15) is 5.54 Å². The first kappa shape index (κ1) is 21.2. The van der Waals surface area contributed by atoms with Gasteiger partial charge in [-0.05, 0) is 44.6 Å². The zero-order valence-corrected chi connectivity index (χ0v) is 18.4. The van der Waals surface area contributed by atoms with Gasteiger partial charge in [0.25, 0.3) is 5.91 Å². The maximum atomic E-state index is 12.6. The van der Waals surface area contributed by atoms with Crippen LogP contribution in [0, 0.1) is 5.92 Å². The van der Waals surface area contributed by atoms with Gasteiger partial charge in [-0.2, -0.15) is 0 Å². The van der Waals surface area contributed by atoms with Crippen molar-refractivity contribution in [1.82, 2.24) is 20.1 Å². The van der Waals surface area contributed by atoms with Crippen LogP contribution in [-0.2, 0) is 16.1 Å². The first-order valence-electron chi connectivity index (χ1n) is 11.1. The lowest BCUT2D eigenvalue weighted by Gasteiger charge is -2.30. The minimum absolute atomic E-state index is 0.123. The first-order valence-corrected chi connectivity index (χ1v) is 11.9. The lowest BCUT2D eigenvalue weighted by molar-refractivity contribution is -0.131. The molecule has 1 atom stereocenters. The molecule has 4 amide bonds. The van der Waals surface area contributed by atoms with Crippen molar-refractivity contribution in [3.8, 4) is 0 Å². The van der Waals surface area contributed by atoms with Gasteiger partial charge in [-0.15, -0.1) is 11.3 Å². The lowest BCUT2D eigenvalue weighted by atomic mass is 9.98. The molecule has 1 aromatic heterocycles. The van der Waals surface area contributed by atoms with E-state index in [2.05, 4.69) is 27.4 Å². The number of urea groups is 1. The van der Waals surface area contributed by atoms with Gasteiger partial charge in [0.05, 0.1) is 5.69 Å². The third-order valence-electron chi connectivity index (χ3n) is 6.41. The number of amides is 4. The Balaban J connectivity index is 1.20. The first-order chi connectivity index (χ1) is 14.4. The largest absolute Gasteiger partial charge is 0.325 e. The van der Waals surface area contributed by atoms with Gasteiger partial charge in [0, 0.05) is 31.4 Å². The monoisotopic (exact) mass is 433 g/mol. The van der Waals surface area contributed by atoms with Crippen molar-refractivity contribution in [3.05, 3.63) is 11.1 Å². The van der Waals surface area contributed by atoms with E-state index in [1.165, 1.54) is 29.1 Å². The summed E-state index contributed by atoms with van der Waals surface area (Å²) in [5.41, 5.74) is 0.313. The zero-order chi connectivity index (χ0) is 21.1. The van der Waals surface area contributed by atoms with Crippen molar-refractivity contribution in [1.29, 1.82) is 0 Å². The van der Waals surface area contributed by atoms with Crippen LogP contribution in [0.25, 0.3) is 0 Å². The number of rotatable bonds is 7. The fourth-order valence-electron chi connectivity index (χ4n) is 4.87. The van der Waals surface area contributed by atoms with Crippen molar-refractivity contribution in [2.75, 3.05) is 25.0 Å². The Bertz CT molecular complexity index is 804. The van der Waals surface area contributed by atoms with E-state index in [1.807, 2.05) is 5.38 Å². The number of nitrogens with zero attached hydrogens (tertiary/aromatic N) is 3. The molecule has 2 saturated heterocycles. The van der Waals surface area contributed by atoms with E-state index in [-0.39, 0.29) is 30.8 Å². The van der Waals surface area contributed by atoms with E-state index >= 15 is 0 Å². The molecule has 1 saturated carbocycles. The van der Waals surface area contributed by atoms with E-state index in [9.17, 15) is 14.4 Å². The average Bonchev–Trinajstić information content (AvgIpc) is 3.39. The van der Waals surface area contributed by atoms with Crippen LogP contribution in [0.2, 0.25) is 0 Å². The molecule has 9 heteroatoms. The predicted octanol–water partition coefficient (Wildman–Crippen LogP) is 2.96. The highest BCUT2D eigenvalue weighted by Crippen LogP contribution is 2.35. The molecule has 1 spiro atoms. The molecule has 0 radical (unpaired) electrons. The van der Waals surface area contributed by atoms with Gasteiger partial charge in [-0.3, -0.25) is 19.4 Å². The van der Waals surface area contributed by atoms with E-state index in [4.69, 9.17) is 0 Å². The quantitative estimate of drug-likeness (QED) is 0.645. The second-order valence-corrected chi connectivity index (χ2v) is 9.81. The van der Waals surface area contributed by atoms with Crippen LogP contribution in [0.4, 0.5) is 9.93 Å². The third kappa shape index (κ3) is 4.67. The molecule has 3 heterocycles. The number of hydrogen-bond acceptors (Lipinski definition) is 6. The number of thiazole rings is 1. The molecule has 8 nitrogen and oxygen atoms in total. The van der Waals surface area contributed by atoms with Gasteiger partial charge in [-0.1, -0.05) is 19.8 Å². The second-order valence-electron chi connectivity index (χ2n) is 8.95. The molecule has 0 aromatic carbocycles. The minimum Gasteiger partial charge on any atom is -0.323 e. The van der Waals surface area contributed by atoms with E-state index in [0.717, 1.165) is 56.9 Å². The highest BCUT2D eigenvalue weighted by molar-refractivity contribution is 7.13. The van der Waals surface area contributed by atoms with Gasteiger partial charge in [0.2, 0.25) is 5.91 Å². The van der Waals surface area contributed by atoms with E-state index in [1.54, 1.807) is 0 Å². The van der Waals surface area contributed by atoms with Crippen LogP contribution in [0.3, 0.4) is 0 Å².